The summed E-state index contributed by atoms with van der Waals surface area (Å²) in [6, 6.07) is 13.2. The van der Waals surface area contributed by atoms with E-state index in [0.717, 1.165) is 0 Å². The number of nitriles is 1. The second-order valence-electron chi connectivity index (χ2n) is 7.02. The molecule has 8 nitrogen and oxygen atoms in total. The number of benzene rings is 2. The summed E-state index contributed by atoms with van der Waals surface area (Å²) in [6.45, 7) is 6.32. The number of anilines is 1. The molecule has 0 radical (unpaired) electrons. The van der Waals surface area contributed by atoms with Gasteiger partial charge in [0.05, 0.1) is 7.11 Å². The molecule has 0 atom stereocenters. The van der Waals surface area contributed by atoms with E-state index in [4.69, 9.17) is 9.47 Å². The Bertz CT molecular complexity index is 1080. The van der Waals surface area contributed by atoms with Crippen molar-refractivity contribution in [2.45, 2.75) is 20.8 Å². The maximum absolute atomic E-state index is 12.5. The van der Waals surface area contributed by atoms with Crippen molar-refractivity contribution in [1.82, 2.24) is 4.90 Å². The molecule has 0 bridgehead atoms. The van der Waals surface area contributed by atoms with Gasteiger partial charge in [0, 0.05) is 24.3 Å². The van der Waals surface area contributed by atoms with Gasteiger partial charge < -0.3 is 19.7 Å². The summed E-state index contributed by atoms with van der Waals surface area (Å²) in [7, 11) is 1.46. The van der Waals surface area contributed by atoms with Gasteiger partial charge in [0.1, 0.15) is 11.6 Å². The molecule has 2 amide bonds. The molecule has 2 aromatic carbocycles. The molecule has 0 fully saturated rings. The predicted octanol–water partition coefficient (Wildman–Crippen LogP) is 3.69. The molecule has 0 heterocycles. The first-order valence-electron chi connectivity index (χ1n) is 10.5. The van der Waals surface area contributed by atoms with Crippen molar-refractivity contribution in [2.24, 2.45) is 0 Å². The number of carbonyl (C=O) groups is 3. The average molecular weight is 450 g/mol. The maximum atomic E-state index is 12.5. The Balaban J connectivity index is 2.14. The lowest BCUT2D eigenvalue weighted by Crippen LogP contribution is -2.34. The SMILES string of the molecule is CCN(CC)C(=O)COc1ccc(C=C(C#N)C(=O)Nc2ccc(C(C)=O)cc2)cc1OC. The highest BCUT2D eigenvalue weighted by atomic mass is 16.5. The summed E-state index contributed by atoms with van der Waals surface area (Å²) in [6.07, 6.45) is 1.42. The summed E-state index contributed by atoms with van der Waals surface area (Å²) in [5, 5.41) is 12.1. The summed E-state index contributed by atoms with van der Waals surface area (Å²) < 4.78 is 11.0. The second kappa shape index (κ2) is 12.1. The quantitative estimate of drug-likeness (QED) is 0.337. The van der Waals surface area contributed by atoms with Gasteiger partial charge in [-0.05, 0) is 68.8 Å². The maximum Gasteiger partial charge on any atom is 0.266 e. The number of ketones is 1. The number of nitrogens with one attached hydrogen (secondary N) is 1. The lowest BCUT2D eigenvalue weighted by molar-refractivity contribution is -0.133. The third-order valence-electron chi connectivity index (χ3n) is 4.88. The highest BCUT2D eigenvalue weighted by Gasteiger charge is 2.14. The van der Waals surface area contributed by atoms with Crippen LogP contribution in [0.25, 0.3) is 6.08 Å². The Morgan fingerprint density at radius 3 is 2.27 bits per heavy atom. The van der Waals surface area contributed by atoms with Gasteiger partial charge in [0.15, 0.2) is 23.9 Å². The molecule has 0 aliphatic heterocycles. The van der Waals surface area contributed by atoms with Crippen molar-refractivity contribution in [1.29, 1.82) is 5.26 Å². The van der Waals surface area contributed by atoms with Crippen LogP contribution in [-0.2, 0) is 9.59 Å². The molecule has 172 valence electrons. The fourth-order valence-corrected chi connectivity index (χ4v) is 3.00. The largest absolute Gasteiger partial charge is 0.493 e. The highest BCUT2D eigenvalue weighted by molar-refractivity contribution is 6.09. The molecule has 0 unspecified atom stereocenters. The number of Topliss-reactive ketones (excluding diaryl/α,β-unsaturated/α-hetero) is 1. The number of carbonyl (C=O) groups excluding carboxylic acids is 3. The van der Waals surface area contributed by atoms with E-state index in [9.17, 15) is 19.6 Å². The molecule has 0 spiro atoms. The number of rotatable bonds is 10. The molecule has 0 aromatic heterocycles. The van der Waals surface area contributed by atoms with Crippen molar-refractivity contribution in [3.8, 4) is 17.6 Å². The van der Waals surface area contributed by atoms with Gasteiger partial charge in [-0.1, -0.05) is 6.07 Å². The molecule has 8 heteroatoms. The monoisotopic (exact) mass is 449 g/mol. The average Bonchev–Trinajstić information content (AvgIpc) is 2.82. The fourth-order valence-electron chi connectivity index (χ4n) is 3.00. The van der Waals surface area contributed by atoms with Crippen LogP contribution in [-0.4, -0.2) is 49.3 Å². The van der Waals surface area contributed by atoms with Crippen LogP contribution in [0.5, 0.6) is 11.5 Å². The van der Waals surface area contributed by atoms with E-state index in [1.54, 1.807) is 47.4 Å². The fraction of sp³-hybridized carbons (Fsp3) is 0.280. The first kappa shape index (κ1) is 25.1. The zero-order valence-corrected chi connectivity index (χ0v) is 19.2. The number of likely N-dealkylation sites (N-methyl/N-ethyl adjacent to an activating group) is 1. The smallest absolute Gasteiger partial charge is 0.266 e. The van der Waals surface area contributed by atoms with E-state index in [1.165, 1.54) is 20.1 Å². The molecule has 0 saturated heterocycles. The predicted molar refractivity (Wildman–Crippen MR) is 125 cm³/mol. The number of hydrogen-bond acceptors (Lipinski definition) is 6. The van der Waals surface area contributed by atoms with Crippen LogP contribution in [0.2, 0.25) is 0 Å². The number of amides is 2. The van der Waals surface area contributed by atoms with Crippen molar-refractivity contribution in [3.63, 3.8) is 0 Å². The first-order valence-corrected chi connectivity index (χ1v) is 10.5. The van der Waals surface area contributed by atoms with Crippen LogP contribution in [0.1, 0.15) is 36.7 Å². The molecular formula is C25H27N3O5. The molecular weight excluding hydrogens is 422 g/mol. The van der Waals surface area contributed by atoms with E-state index in [-0.39, 0.29) is 23.9 Å². The summed E-state index contributed by atoms with van der Waals surface area (Å²) in [5.41, 5.74) is 1.42. The zero-order chi connectivity index (χ0) is 24.4. The minimum absolute atomic E-state index is 0.0794. The standard InChI is InChI=1S/C25H27N3O5/c1-5-28(6-2)24(30)16-33-22-12-7-18(14-23(22)32-4)13-20(15-26)25(31)27-21-10-8-19(9-11-21)17(3)29/h7-14H,5-6,16H2,1-4H3,(H,27,31). The summed E-state index contributed by atoms with van der Waals surface area (Å²) >= 11 is 0. The van der Waals surface area contributed by atoms with Gasteiger partial charge in [0.25, 0.3) is 11.8 Å². The Morgan fingerprint density at radius 1 is 1.06 bits per heavy atom. The number of nitrogens with zero attached hydrogens (tertiary/aromatic N) is 2. The van der Waals surface area contributed by atoms with Gasteiger partial charge >= 0.3 is 0 Å². The normalized spacial score (nSPS) is 10.7. The molecule has 0 aliphatic carbocycles. The molecule has 0 aliphatic rings. The third-order valence-corrected chi connectivity index (χ3v) is 4.88. The van der Waals surface area contributed by atoms with E-state index < -0.39 is 5.91 Å². The van der Waals surface area contributed by atoms with Crippen LogP contribution in [0.4, 0.5) is 5.69 Å². The van der Waals surface area contributed by atoms with E-state index in [1.807, 2.05) is 19.9 Å². The number of hydrogen-bond donors (Lipinski definition) is 1. The minimum Gasteiger partial charge on any atom is -0.493 e. The van der Waals surface area contributed by atoms with Gasteiger partial charge in [0.2, 0.25) is 0 Å². The minimum atomic E-state index is -0.586. The van der Waals surface area contributed by atoms with E-state index in [0.29, 0.717) is 41.4 Å². The van der Waals surface area contributed by atoms with Crippen LogP contribution in [0.15, 0.2) is 48.0 Å². The summed E-state index contributed by atoms with van der Waals surface area (Å²) in [4.78, 5) is 37.7. The lowest BCUT2D eigenvalue weighted by atomic mass is 10.1. The zero-order valence-electron chi connectivity index (χ0n) is 19.2. The van der Waals surface area contributed by atoms with Crippen molar-refractivity contribution >= 4 is 29.4 Å². The molecule has 1 N–H and O–H groups in total. The van der Waals surface area contributed by atoms with Crippen molar-refractivity contribution < 1.29 is 23.9 Å². The van der Waals surface area contributed by atoms with Crippen LogP contribution in [0.3, 0.4) is 0 Å². The topological polar surface area (TPSA) is 109 Å². The van der Waals surface area contributed by atoms with Gasteiger partial charge in [-0.3, -0.25) is 14.4 Å². The van der Waals surface area contributed by atoms with Gasteiger partial charge in [-0.2, -0.15) is 5.26 Å². The van der Waals surface area contributed by atoms with Crippen LogP contribution in [0, 0.1) is 11.3 Å². The Kier molecular flexibility index (Phi) is 9.18. The summed E-state index contributed by atoms with van der Waals surface area (Å²) in [5.74, 6) is -0.0513. The highest BCUT2D eigenvalue weighted by Crippen LogP contribution is 2.29. The number of methoxy groups -OCH3 is 1. The molecule has 33 heavy (non-hydrogen) atoms. The van der Waals surface area contributed by atoms with Crippen molar-refractivity contribution in [3.05, 3.63) is 59.2 Å². The molecule has 0 saturated carbocycles. The first-order chi connectivity index (χ1) is 15.8. The Morgan fingerprint density at radius 2 is 1.73 bits per heavy atom. The molecule has 2 rings (SSSR count). The second-order valence-corrected chi connectivity index (χ2v) is 7.02. The Hall–Kier alpha value is -4.12. The van der Waals surface area contributed by atoms with Gasteiger partial charge in [-0.15, -0.1) is 0 Å². The van der Waals surface area contributed by atoms with Gasteiger partial charge in [-0.25, -0.2) is 0 Å². The van der Waals surface area contributed by atoms with E-state index >= 15 is 0 Å². The lowest BCUT2D eigenvalue weighted by Gasteiger charge is -2.19. The third kappa shape index (κ3) is 6.94. The Labute approximate surface area is 193 Å². The number of ether oxygens (including phenoxy) is 2. The van der Waals surface area contributed by atoms with E-state index in [2.05, 4.69) is 5.32 Å². The van der Waals surface area contributed by atoms with Crippen molar-refractivity contribution in [2.75, 3.05) is 32.1 Å². The molecule has 2 aromatic rings. The van der Waals surface area contributed by atoms with Crippen LogP contribution < -0.4 is 14.8 Å². The van der Waals surface area contributed by atoms with Crippen LogP contribution >= 0.6 is 0 Å².